The lowest BCUT2D eigenvalue weighted by Crippen LogP contribution is -2.18. The van der Waals surface area contributed by atoms with E-state index in [-0.39, 0.29) is 17.7 Å². The summed E-state index contributed by atoms with van der Waals surface area (Å²) < 4.78 is 36.2. The summed E-state index contributed by atoms with van der Waals surface area (Å²) in [6.45, 7) is 4.25. The molecule has 1 aromatic carbocycles. The molecule has 0 unspecified atom stereocenters. The van der Waals surface area contributed by atoms with Crippen molar-refractivity contribution in [1.29, 1.82) is 0 Å². The van der Waals surface area contributed by atoms with E-state index in [1.54, 1.807) is 20.8 Å². The van der Waals surface area contributed by atoms with Crippen LogP contribution in [0.4, 0.5) is 8.78 Å². The zero-order valence-electron chi connectivity index (χ0n) is 14.4. The number of carbonyl (C=O) groups excluding carboxylic acids is 3. The van der Waals surface area contributed by atoms with Gasteiger partial charge < -0.3 is 14.5 Å². The van der Waals surface area contributed by atoms with Crippen molar-refractivity contribution in [3.8, 4) is 0 Å². The van der Waals surface area contributed by atoms with Crippen LogP contribution < -0.4 is 0 Å². The van der Waals surface area contributed by atoms with Gasteiger partial charge in [0.15, 0.2) is 6.61 Å². The molecule has 1 N–H and O–H groups in total. The summed E-state index contributed by atoms with van der Waals surface area (Å²) in [4.78, 5) is 39.2. The Kier molecular flexibility index (Phi) is 5.86. The number of aromatic amines is 1. The van der Waals surface area contributed by atoms with Gasteiger partial charge in [-0.15, -0.1) is 0 Å². The minimum absolute atomic E-state index is 0.0494. The van der Waals surface area contributed by atoms with Gasteiger partial charge in [0.2, 0.25) is 5.78 Å². The van der Waals surface area contributed by atoms with Crippen LogP contribution in [0.3, 0.4) is 0 Å². The quantitative estimate of drug-likeness (QED) is 0.628. The van der Waals surface area contributed by atoms with E-state index in [0.29, 0.717) is 17.5 Å². The van der Waals surface area contributed by atoms with E-state index >= 15 is 0 Å². The molecule has 0 aliphatic carbocycles. The van der Waals surface area contributed by atoms with Crippen molar-refractivity contribution < 1.29 is 32.6 Å². The van der Waals surface area contributed by atoms with Crippen LogP contribution in [0.25, 0.3) is 0 Å². The average molecular weight is 365 g/mol. The summed E-state index contributed by atoms with van der Waals surface area (Å²) in [5.74, 6) is -4.37. The van der Waals surface area contributed by atoms with Gasteiger partial charge in [0.25, 0.3) is 0 Å². The Labute approximate surface area is 148 Å². The Morgan fingerprint density at radius 3 is 2.27 bits per heavy atom. The molecule has 0 saturated carbocycles. The number of ketones is 1. The maximum absolute atomic E-state index is 13.6. The highest BCUT2D eigenvalue weighted by atomic mass is 19.1. The highest BCUT2D eigenvalue weighted by Crippen LogP contribution is 2.21. The summed E-state index contributed by atoms with van der Waals surface area (Å²) in [5, 5.41) is 0. The van der Waals surface area contributed by atoms with Crippen LogP contribution >= 0.6 is 0 Å². The fourth-order valence-electron chi connectivity index (χ4n) is 2.52. The molecule has 2 rings (SSSR count). The highest BCUT2D eigenvalue weighted by Gasteiger charge is 2.26. The van der Waals surface area contributed by atoms with Gasteiger partial charge >= 0.3 is 11.9 Å². The normalized spacial score (nSPS) is 10.5. The largest absolute Gasteiger partial charge is 0.462 e. The first kappa shape index (κ1) is 19.3. The molecule has 1 heterocycles. The van der Waals surface area contributed by atoms with Gasteiger partial charge in [0.1, 0.15) is 11.6 Å². The first-order valence-electron chi connectivity index (χ1n) is 7.77. The van der Waals surface area contributed by atoms with Crippen LogP contribution in [0.5, 0.6) is 0 Å². The van der Waals surface area contributed by atoms with Crippen LogP contribution in [0.15, 0.2) is 18.2 Å². The van der Waals surface area contributed by atoms with E-state index in [0.717, 1.165) is 12.1 Å². The molecule has 0 amide bonds. The Balaban J connectivity index is 2.18. The molecular weight excluding hydrogens is 348 g/mol. The second-order valence-corrected chi connectivity index (χ2v) is 5.47. The monoisotopic (exact) mass is 365 g/mol. The number of esters is 2. The van der Waals surface area contributed by atoms with Gasteiger partial charge in [-0.3, -0.25) is 4.79 Å². The molecule has 2 aromatic rings. The number of hydrogen-bond donors (Lipinski definition) is 1. The molecule has 1 aromatic heterocycles. The molecule has 138 valence electrons. The SMILES string of the molecule is CCOC(=O)c1c(C)[nH]c(C)c1C(=O)COC(=O)c1ccc(F)cc1F. The lowest BCUT2D eigenvalue weighted by molar-refractivity contribution is 0.0467. The third kappa shape index (κ3) is 3.96. The summed E-state index contributed by atoms with van der Waals surface area (Å²) in [7, 11) is 0. The molecule has 26 heavy (non-hydrogen) atoms. The third-order valence-electron chi connectivity index (χ3n) is 3.62. The fraction of sp³-hybridized carbons (Fsp3) is 0.278. The predicted octanol–water partition coefficient (Wildman–Crippen LogP) is 3.13. The van der Waals surface area contributed by atoms with Gasteiger partial charge in [0.05, 0.1) is 23.3 Å². The molecule has 8 heteroatoms. The van der Waals surface area contributed by atoms with E-state index in [4.69, 9.17) is 9.47 Å². The van der Waals surface area contributed by atoms with Crippen molar-refractivity contribution in [2.45, 2.75) is 20.8 Å². The Hall–Kier alpha value is -3.03. The van der Waals surface area contributed by atoms with E-state index in [9.17, 15) is 23.2 Å². The number of benzene rings is 1. The second-order valence-electron chi connectivity index (χ2n) is 5.47. The van der Waals surface area contributed by atoms with E-state index in [1.165, 1.54) is 0 Å². The fourth-order valence-corrected chi connectivity index (χ4v) is 2.52. The summed E-state index contributed by atoms with van der Waals surface area (Å²) in [6.07, 6.45) is 0. The predicted molar refractivity (Wildman–Crippen MR) is 87.2 cm³/mol. The number of H-pyrrole nitrogens is 1. The Morgan fingerprint density at radius 1 is 1.00 bits per heavy atom. The lowest BCUT2D eigenvalue weighted by Gasteiger charge is -2.07. The molecule has 0 radical (unpaired) electrons. The maximum Gasteiger partial charge on any atom is 0.341 e. The minimum Gasteiger partial charge on any atom is -0.462 e. The summed E-state index contributed by atoms with van der Waals surface area (Å²) in [5.41, 5.74) is 0.484. The topological polar surface area (TPSA) is 85.5 Å². The van der Waals surface area contributed by atoms with Crippen LogP contribution in [-0.2, 0) is 9.47 Å². The summed E-state index contributed by atoms with van der Waals surface area (Å²) >= 11 is 0. The van der Waals surface area contributed by atoms with Crippen LogP contribution in [-0.4, -0.2) is 35.9 Å². The third-order valence-corrected chi connectivity index (χ3v) is 3.62. The van der Waals surface area contributed by atoms with Gasteiger partial charge in [-0.25, -0.2) is 18.4 Å². The number of aromatic nitrogens is 1. The number of aryl methyl sites for hydroxylation is 2. The van der Waals surface area contributed by atoms with Crippen LogP contribution in [0.1, 0.15) is 49.4 Å². The van der Waals surface area contributed by atoms with Crippen molar-refractivity contribution in [3.63, 3.8) is 0 Å². The molecular formula is C18H17F2NO5. The van der Waals surface area contributed by atoms with Crippen molar-refractivity contribution in [1.82, 2.24) is 4.98 Å². The van der Waals surface area contributed by atoms with Gasteiger partial charge in [-0.2, -0.15) is 0 Å². The number of Topliss-reactive ketones (excluding diaryl/α,β-unsaturated/α-hetero) is 1. The van der Waals surface area contributed by atoms with Crippen molar-refractivity contribution in [2.24, 2.45) is 0 Å². The van der Waals surface area contributed by atoms with E-state index in [1.807, 2.05) is 0 Å². The maximum atomic E-state index is 13.6. The number of halogens is 2. The number of carbonyl (C=O) groups is 3. The van der Waals surface area contributed by atoms with Gasteiger partial charge in [-0.1, -0.05) is 0 Å². The molecule has 0 aliphatic heterocycles. The van der Waals surface area contributed by atoms with Crippen molar-refractivity contribution >= 4 is 17.7 Å². The molecule has 0 bridgehead atoms. The molecule has 6 nitrogen and oxygen atoms in total. The second kappa shape index (κ2) is 7.90. The number of ether oxygens (including phenoxy) is 2. The van der Waals surface area contributed by atoms with Crippen molar-refractivity contribution in [2.75, 3.05) is 13.2 Å². The highest BCUT2D eigenvalue weighted by molar-refractivity contribution is 6.09. The van der Waals surface area contributed by atoms with Crippen LogP contribution in [0.2, 0.25) is 0 Å². The number of nitrogens with one attached hydrogen (secondary N) is 1. The van der Waals surface area contributed by atoms with E-state index in [2.05, 4.69) is 4.98 Å². The smallest absolute Gasteiger partial charge is 0.341 e. The molecule has 0 spiro atoms. The van der Waals surface area contributed by atoms with Gasteiger partial charge in [-0.05, 0) is 32.9 Å². The van der Waals surface area contributed by atoms with E-state index < -0.39 is 41.5 Å². The van der Waals surface area contributed by atoms with Crippen LogP contribution in [0, 0.1) is 25.5 Å². The summed E-state index contributed by atoms with van der Waals surface area (Å²) in [6, 6.07) is 2.37. The standard InChI is InChI=1S/C18H17F2NO5/c1-4-25-18(24)16-10(3)21-9(2)15(16)14(22)8-26-17(23)12-6-5-11(19)7-13(12)20/h5-7,21H,4,8H2,1-3H3. The van der Waals surface area contributed by atoms with Crippen molar-refractivity contribution in [3.05, 3.63) is 57.9 Å². The molecule has 0 saturated heterocycles. The molecule has 0 fully saturated rings. The number of hydrogen-bond acceptors (Lipinski definition) is 5. The number of rotatable bonds is 6. The first-order chi connectivity index (χ1) is 12.3. The molecule has 0 atom stereocenters. The zero-order valence-corrected chi connectivity index (χ0v) is 14.4. The molecule has 0 aliphatic rings. The first-order valence-corrected chi connectivity index (χ1v) is 7.77. The lowest BCUT2D eigenvalue weighted by atomic mass is 10.1. The average Bonchev–Trinajstić information content (AvgIpc) is 2.86. The Bertz CT molecular complexity index is 873. The minimum atomic E-state index is -1.11. The Morgan fingerprint density at radius 2 is 1.65 bits per heavy atom. The van der Waals surface area contributed by atoms with Gasteiger partial charge in [0, 0.05) is 17.5 Å². The zero-order chi connectivity index (χ0) is 19.4.